The van der Waals surface area contributed by atoms with E-state index in [2.05, 4.69) is 127 Å². The molecular weight excluding hydrogens is 609 g/mol. The van der Waals surface area contributed by atoms with Gasteiger partial charge in [-0.3, -0.25) is 0 Å². The summed E-state index contributed by atoms with van der Waals surface area (Å²) in [6, 6.07) is 64.2. The molecule has 7 aromatic carbocycles. The summed E-state index contributed by atoms with van der Waals surface area (Å²) < 4.78 is 0. The van der Waals surface area contributed by atoms with Crippen molar-refractivity contribution in [2.75, 3.05) is 0 Å². The standard InChI is InChI=1S/C46H30N4/c47-31-32-22-24-37(25-23-32)44-48-45(38-28-26-34(27-29-38)33-12-4-1-5-13-33)50-46(49-44)40-19-10-18-39(30-40)42-21-11-20-41(35-14-6-2-7-15-35)43(42)36-16-8-3-9-17-36/h1-30H. The van der Waals surface area contributed by atoms with E-state index in [4.69, 9.17) is 15.0 Å². The average molecular weight is 639 g/mol. The van der Waals surface area contributed by atoms with Crippen LogP contribution in [0.25, 0.3) is 78.7 Å². The molecule has 50 heavy (non-hydrogen) atoms. The van der Waals surface area contributed by atoms with Gasteiger partial charge < -0.3 is 0 Å². The molecule has 0 saturated carbocycles. The van der Waals surface area contributed by atoms with Crippen molar-refractivity contribution < 1.29 is 0 Å². The smallest absolute Gasteiger partial charge is 0.164 e. The van der Waals surface area contributed by atoms with Gasteiger partial charge in [0.1, 0.15) is 0 Å². The Morgan fingerprint density at radius 2 is 0.720 bits per heavy atom. The van der Waals surface area contributed by atoms with Gasteiger partial charge in [-0.2, -0.15) is 5.26 Å². The zero-order valence-corrected chi connectivity index (χ0v) is 27.1. The highest BCUT2D eigenvalue weighted by Crippen LogP contribution is 2.41. The number of benzene rings is 7. The Kier molecular flexibility index (Phi) is 8.29. The molecule has 1 aromatic heterocycles. The molecule has 0 aliphatic carbocycles. The van der Waals surface area contributed by atoms with Crippen LogP contribution in [0.15, 0.2) is 182 Å². The molecule has 234 valence electrons. The number of hydrogen-bond acceptors (Lipinski definition) is 4. The molecule has 0 saturated heterocycles. The molecule has 0 atom stereocenters. The van der Waals surface area contributed by atoms with Crippen LogP contribution in [0.5, 0.6) is 0 Å². The zero-order chi connectivity index (χ0) is 33.7. The van der Waals surface area contributed by atoms with Gasteiger partial charge in [0, 0.05) is 16.7 Å². The summed E-state index contributed by atoms with van der Waals surface area (Å²) in [4.78, 5) is 15.0. The van der Waals surface area contributed by atoms with E-state index in [1.807, 2.05) is 48.5 Å². The Morgan fingerprint density at radius 3 is 1.30 bits per heavy atom. The van der Waals surface area contributed by atoms with Crippen LogP contribution in [0.3, 0.4) is 0 Å². The van der Waals surface area contributed by atoms with Crippen molar-refractivity contribution in [3.05, 3.63) is 188 Å². The van der Waals surface area contributed by atoms with E-state index >= 15 is 0 Å². The second-order valence-electron chi connectivity index (χ2n) is 12.0. The van der Waals surface area contributed by atoms with E-state index < -0.39 is 0 Å². The van der Waals surface area contributed by atoms with Crippen LogP contribution in [0.2, 0.25) is 0 Å². The van der Waals surface area contributed by atoms with Crippen molar-refractivity contribution in [3.63, 3.8) is 0 Å². The van der Waals surface area contributed by atoms with Crippen molar-refractivity contribution >= 4 is 0 Å². The predicted octanol–water partition coefficient (Wildman–Crippen LogP) is 11.4. The van der Waals surface area contributed by atoms with Gasteiger partial charge in [0.05, 0.1) is 11.6 Å². The normalized spacial score (nSPS) is 10.8. The Balaban J connectivity index is 1.26. The summed E-state index contributed by atoms with van der Waals surface area (Å²) in [6.07, 6.45) is 0. The van der Waals surface area contributed by atoms with Crippen LogP contribution >= 0.6 is 0 Å². The summed E-state index contributed by atoms with van der Waals surface area (Å²) in [5.41, 5.74) is 12.3. The maximum absolute atomic E-state index is 9.39. The fourth-order valence-electron chi connectivity index (χ4n) is 6.29. The van der Waals surface area contributed by atoms with Gasteiger partial charge in [-0.1, -0.05) is 152 Å². The van der Waals surface area contributed by atoms with E-state index in [1.165, 1.54) is 11.1 Å². The molecule has 8 aromatic rings. The van der Waals surface area contributed by atoms with E-state index in [-0.39, 0.29) is 0 Å². The number of hydrogen-bond donors (Lipinski definition) is 0. The van der Waals surface area contributed by atoms with Crippen molar-refractivity contribution in [2.24, 2.45) is 0 Å². The summed E-state index contributed by atoms with van der Waals surface area (Å²) in [7, 11) is 0. The second-order valence-corrected chi connectivity index (χ2v) is 12.0. The van der Waals surface area contributed by atoms with Crippen molar-refractivity contribution in [2.45, 2.75) is 0 Å². The zero-order valence-electron chi connectivity index (χ0n) is 27.1. The average Bonchev–Trinajstić information content (AvgIpc) is 3.21. The summed E-state index contributed by atoms with van der Waals surface area (Å²) in [6.45, 7) is 0. The lowest BCUT2D eigenvalue weighted by molar-refractivity contribution is 1.07. The monoisotopic (exact) mass is 638 g/mol. The number of nitriles is 1. The maximum atomic E-state index is 9.39. The van der Waals surface area contributed by atoms with Gasteiger partial charge in [0.2, 0.25) is 0 Å². The molecule has 4 heteroatoms. The lowest BCUT2D eigenvalue weighted by Crippen LogP contribution is -2.00. The maximum Gasteiger partial charge on any atom is 0.164 e. The molecule has 4 nitrogen and oxygen atoms in total. The van der Waals surface area contributed by atoms with Crippen LogP contribution in [0.4, 0.5) is 0 Å². The van der Waals surface area contributed by atoms with Crippen LogP contribution in [0.1, 0.15) is 5.56 Å². The third-order valence-corrected chi connectivity index (χ3v) is 8.80. The highest BCUT2D eigenvalue weighted by Gasteiger charge is 2.17. The molecule has 0 aliphatic rings. The summed E-state index contributed by atoms with van der Waals surface area (Å²) in [5.74, 6) is 1.70. The Labute approximate surface area is 291 Å². The van der Waals surface area contributed by atoms with Crippen molar-refractivity contribution in [1.29, 1.82) is 5.26 Å². The van der Waals surface area contributed by atoms with Crippen LogP contribution in [0, 0.1) is 11.3 Å². The summed E-state index contributed by atoms with van der Waals surface area (Å²) >= 11 is 0. The largest absolute Gasteiger partial charge is 0.208 e. The molecule has 0 fully saturated rings. The molecule has 0 spiro atoms. The number of aromatic nitrogens is 3. The third-order valence-electron chi connectivity index (χ3n) is 8.80. The van der Waals surface area contributed by atoms with Crippen LogP contribution in [-0.4, -0.2) is 15.0 Å². The first kappa shape index (κ1) is 30.4. The van der Waals surface area contributed by atoms with Crippen molar-refractivity contribution in [1.82, 2.24) is 15.0 Å². The number of nitrogens with zero attached hydrogens (tertiary/aromatic N) is 4. The lowest BCUT2D eigenvalue weighted by Gasteiger charge is -2.17. The van der Waals surface area contributed by atoms with Gasteiger partial charge in [-0.15, -0.1) is 0 Å². The minimum atomic E-state index is 0.545. The Morgan fingerprint density at radius 1 is 0.320 bits per heavy atom. The minimum Gasteiger partial charge on any atom is -0.208 e. The molecule has 8 rings (SSSR count). The van der Waals surface area contributed by atoms with E-state index in [0.717, 1.165) is 50.1 Å². The molecule has 0 radical (unpaired) electrons. The van der Waals surface area contributed by atoms with Crippen LogP contribution in [-0.2, 0) is 0 Å². The van der Waals surface area contributed by atoms with Crippen LogP contribution < -0.4 is 0 Å². The second kappa shape index (κ2) is 13.6. The highest BCUT2D eigenvalue weighted by molar-refractivity contribution is 5.95. The number of rotatable bonds is 7. The fourth-order valence-corrected chi connectivity index (χ4v) is 6.29. The predicted molar refractivity (Wildman–Crippen MR) is 203 cm³/mol. The fraction of sp³-hybridized carbons (Fsp3) is 0. The minimum absolute atomic E-state index is 0.545. The van der Waals surface area contributed by atoms with Crippen molar-refractivity contribution in [3.8, 4) is 84.7 Å². The first-order chi connectivity index (χ1) is 24.7. The highest BCUT2D eigenvalue weighted by atomic mass is 15.0. The van der Waals surface area contributed by atoms with E-state index in [9.17, 15) is 5.26 Å². The third kappa shape index (κ3) is 6.20. The van der Waals surface area contributed by atoms with Gasteiger partial charge in [-0.05, 0) is 74.8 Å². The molecule has 1 heterocycles. The van der Waals surface area contributed by atoms with E-state index in [0.29, 0.717) is 23.0 Å². The Hall–Kier alpha value is -6.96. The molecule has 0 N–H and O–H groups in total. The Bertz CT molecular complexity index is 2450. The lowest BCUT2D eigenvalue weighted by atomic mass is 9.87. The van der Waals surface area contributed by atoms with Gasteiger partial charge in [-0.25, -0.2) is 15.0 Å². The molecule has 0 amide bonds. The quantitative estimate of drug-likeness (QED) is 0.174. The summed E-state index contributed by atoms with van der Waals surface area (Å²) in [5, 5.41) is 9.39. The van der Waals surface area contributed by atoms with E-state index in [1.54, 1.807) is 12.1 Å². The first-order valence-corrected chi connectivity index (χ1v) is 16.5. The SMILES string of the molecule is N#Cc1ccc(-c2nc(-c3ccc(-c4ccccc4)cc3)nc(-c3cccc(-c4cccc(-c5ccccc5)c4-c4ccccc4)c3)n2)cc1. The first-order valence-electron chi connectivity index (χ1n) is 16.5. The van der Waals surface area contributed by atoms with Gasteiger partial charge >= 0.3 is 0 Å². The molecule has 0 aliphatic heterocycles. The topological polar surface area (TPSA) is 62.5 Å². The molecular formula is C46H30N4. The molecule has 0 bridgehead atoms. The molecule has 0 unspecified atom stereocenters. The van der Waals surface area contributed by atoms with Gasteiger partial charge in [0.25, 0.3) is 0 Å². The van der Waals surface area contributed by atoms with Gasteiger partial charge in [0.15, 0.2) is 17.5 Å².